The summed E-state index contributed by atoms with van der Waals surface area (Å²) in [4.78, 5) is 17.2. The summed E-state index contributed by atoms with van der Waals surface area (Å²) in [7, 11) is 0. The lowest BCUT2D eigenvalue weighted by atomic mass is 10.1. The van der Waals surface area contributed by atoms with Crippen molar-refractivity contribution in [2.24, 2.45) is 0 Å². The Balaban J connectivity index is 1.24. The number of amides is 1. The molecule has 0 spiro atoms. The number of ether oxygens (including phenoxy) is 1. The number of benzene rings is 3. The van der Waals surface area contributed by atoms with Crippen LogP contribution in [0.4, 0.5) is 5.69 Å². The van der Waals surface area contributed by atoms with Gasteiger partial charge in [-0.05, 0) is 66.2 Å². The largest absolute Gasteiger partial charge is 0.467 e. The third kappa shape index (κ3) is 4.31. The number of carbonyl (C=O) groups is 1. The molecule has 0 unspecified atom stereocenters. The summed E-state index contributed by atoms with van der Waals surface area (Å²) in [5.74, 6) is 0.613. The molecule has 32 heavy (non-hydrogen) atoms. The van der Waals surface area contributed by atoms with Crippen LogP contribution in [0.2, 0.25) is 0 Å². The second-order valence-electron chi connectivity index (χ2n) is 7.38. The van der Waals surface area contributed by atoms with E-state index < -0.39 is 0 Å². The summed E-state index contributed by atoms with van der Waals surface area (Å²) < 4.78 is 12.9. The van der Waals surface area contributed by atoms with Gasteiger partial charge in [-0.3, -0.25) is 9.36 Å². The van der Waals surface area contributed by atoms with Crippen LogP contribution in [0.25, 0.3) is 16.7 Å². The lowest BCUT2D eigenvalue weighted by Crippen LogP contribution is -2.12. The lowest BCUT2D eigenvalue weighted by molar-refractivity contribution is 0.0929. The molecule has 0 radical (unpaired) electrons. The third-order valence-electron chi connectivity index (χ3n) is 5.14. The van der Waals surface area contributed by atoms with Crippen LogP contribution in [-0.2, 0) is 18.0 Å². The molecule has 1 amide bonds. The Labute approximate surface area is 185 Å². The first-order valence-electron chi connectivity index (χ1n) is 10.3. The molecule has 5 aromatic rings. The monoisotopic (exact) mass is 423 g/mol. The minimum Gasteiger partial charge on any atom is -0.467 e. The first kappa shape index (κ1) is 19.8. The van der Waals surface area contributed by atoms with Crippen LogP contribution in [0.5, 0.6) is 0 Å². The Kier molecular flexibility index (Phi) is 5.51. The fourth-order valence-electron chi connectivity index (χ4n) is 3.54. The van der Waals surface area contributed by atoms with Gasteiger partial charge in [0.05, 0.1) is 23.9 Å². The van der Waals surface area contributed by atoms with E-state index >= 15 is 0 Å². The summed E-state index contributed by atoms with van der Waals surface area (Å²) >= 11 is 0. The standard InChI is InChI=1S/C26H21N3O3/c30-26(28-21-6-3-5-19(15-21)16-31-17-23-7-4-14-32-23)20-10-12-22(13-11-20)29-18-27-24-8-1-2-9-25(24)29/h1-15,18H,16-17H2,(H,28,30). The molecule has 0 aliphatic heterocycles. The second-order valence-corrected chi connectivity index (χ2v) is 7.38. The highest BCUT2D eigenvalue weighted by Gasteiger charge is 2.09. The number of hydrogen-bond acceptors (Lipinski definition) is 4. The van der Waals surface area contributed by atoms with E-state index in [1.807, 2.05) is 89.5 Å². The number of fused-ring (bicyclic) bond motifs is 1. The maximum absolute atomic E-state index is 12.7. The van der Waals surface area contributed by atoms with Crippen molar-refractivity contribution in [2.75, 3.05) is 5.32 Å². The van der Waals surface area contributed by atoms with E-state index in [2.05, 4.69) is 10.3 Å². The van der Waals surface area contributed by atoms with Crippen molar-refractivity contribution >= 4 is 22.6 Å². The number of carbonyl (C=O) groups excluding carboxylic acids is 1. The summed E-state index contributed by atoms with van der Waals surface area (Å²) in [5.41, 5.74) is 5.18. The number of nitrogens with one attached hydrogen (secondary N) is 1. The van der Waals surface area contributed by atoms with E-state index in [4.69, 9.17) is 9.15 Å². The van der Waals surface area contributed by atoms with Gasteiger partial charge < -0.3 is 14.5 Å². The maximum atomic E-state index is 12.7. The number of furan rings is 1. The van der Waals surface area contributed by atoms with Gasteiger partial charge >= 0.3 is 0 Å². The van der Waals surface area contributed by atoms with Gasteiger partial charge in [0.1, 0.15) is 18.7 Å². The third-order valence-corrected chi connectivity index (χ3v) is 5.14. The van der Waals surface area contributed by atoms with Gasteiger partial charge in [-0.2, -0.15) is 0 Å². The van der Waals surface area contributed by atoms with Crippen LogP contribution in [-0.4, -0.2) is 15.5 Å². The number of nitrogens with zero attached hydrogens (tertiary/aromatic N) is 2. The molecule has 0 fully saturated rings. The van der Waals surface area contributed by atoms with Crippen molar-refractivity contribution in [3.63, 3.8) is 0 Å². The van der Waals surface area contributed by atoms with E-state index in [1.54, 1.807) is 12.6 Å². The first-order valence-corrected chi connectivity index (χ1v) is 10.3. The molecule has 0 bridgehead atoms. The molecule has 0 saturated carbocycles. The zero-order valence-corrected chi connectivity index (χ0v) is 17.3. The van der Waals surface area contributed by atoms with Crippen molar-refractivity contribution in [1.29, 1.82) is 0 Å². The van der Waals surface area contributed by atoms with Gasteiger partial charge in [0, 0.05) is 16.9 Å². The average molecular weight is 423 g/mol. The first-order chi connectivity index (χ1) is 15.8. The maximum Gasteiger partial charge on any atom is 0.255 e. The van der Waals surface area contributed by atoms with Gasteiger partial charge in [0.2, 0.25) is 0 Å². The fraction of sp³-hybridized carbons (Fsp3) is 0.0769. The minimum absolute atomic E-state index is 0.166. The molecule has 0 saturated heterocycles. The predicted octanol–water partition coefficient (Wildman–Crippen LogP) is 5.59. The van der Waals surface area contributed by atoms with Crippen LogP contribution in [0.1, 0.15) is 21.7 Å². The Morgan fingerprint density at radius 1 is 0.938 bits per heavy atom. The molecule has 3 aromatic carbocycles. The summed E-state index contributed by atoms with van der Waals surface area (Å²) in [5, 5.41) is 2.95. The highest BCUT2D eigenvalue weighted by atomic mass is 16.5. The van der Waals surface area contributed by atoms with Gasteiger partial charge in [0.25, 0.3) is 5.91 Å². The minimum atomic E-state index is -0.166. The Hall–Kier alpha value is -4.16. The van der Waals surface area contributed by atoms with Gasteiger partial charge in [-0.1, -0.05) is 24.3 Å². The second kappa shape index (κ2) is 8.91. The Bertz CT molecular complexity index is 1340. The van der Waals surface area contributed by atoms with E-state index in [1.165, 1.54) is 0 Å². The van der Waals surface area contributed by atoms with E-state index in [0.717, 1.165) is 33.7 Å². The Morgan fingerprint density at radius 2 is 1.81 bits per heavy atom. The van der Waals surface area contributed by atoms with Crippen molar-refractivity contribution < 1.29 is 13.9 Å². The molecule has 2 aromatic heterocycles. The fourth-order valence-corrected chi connectivity index (χ4v) is 3.54. The van der Waals surface area contributed by atoms with Crippen LogP contribution >= 0.6 is 0 Å². The zero-order chi connectivity index (χ0) is 21.8. The topological polar surface area (TPSA) is 69.3 Å². The average Bonchev–Trinajstić information content (AvgIpc) is 3.49. The van der Waals surface area contributed by atoms with Crippen molar-refractivity contribution in [3.8, 4) is 5.69 Å². The smallest absolute Gasteiger partial charge is 0.255 e. The van der Waals surface area contributed by atoms with Crippen molar-refractivity contribution in [2.45, 2.75) is 13.2 Å². The zero-order valence-electron chi connectivity index (χ0n) is 17.3. The van der Waals surface area contributed by atoms with Crippen LogP contribution in [0.3, 0.4) is 0 Å². The number of rotatable bonds is 7. The number of imidazole rings is 1. The molecular formula is C26H21N3O3. The SMILES string of the molecule is O=C(Nc1cccc(COCc2ccco2)c1)c1ccc(-n2cnc3ccccc32)cc1. The molecule has 0 atom stereocenters. The molecular weight excluding hydrogens is 402 g/mol. The number of aromatic nitrogens is 2. The van der Waals surface area contributed by atoms with Gasteiger partial charge in [0.15, 0.2) is 0 Å². The van der Waals surface area contributed by atoms with Crippen LogP contribution in [0, 0.1) is 0 Å². The molecule has 6 heteroatoms. The predicted molar refractivity (Wildman–Crippen MR) is 123 cm³/mol. The molecule has 0 aliphatic carbocycles. The number of anilines is 1. The molecule has 6 nitrogen and oxygen atoms in total. The summed E-state index contributed by atoms with van der Waals surface area (Å²) in [6.07, 6.45) is 3.41. The number of para-hydroxylation sites is 2. The van der Waals surface area contributed by atoms with Crippen molar-refractivity contribution in [1.82, 2.24) is 9.55 Å². The highest BCUT2D eigenvalue weighted by Crippen LogP contribution is 2.19. The summed E-state index contributed by atoms with van der Waals surface area (Å²) in [6.45, 7) is 0.833. The van der Waals surface area contributed by atoms with E-state index in [-0.39, 0.29) is 5.91 Å². The van der Waals surface area contributed by atoms with Crippen LogP contribution < -0.4 is 5.32 Å². The quantitative estimate of drug-likeness (QED) is 0.371. The van der Waals surface area contributed by atoms with E-state index in [0.29, 0.717) is 18.8 Å². The normalized spacial score (nSPS) is 11.0. The van der Waals surface area contributed by atoms with Crippen LogP contribution in [0.15, 0.2) is 102 Å². The Morgan fingerprint density at radius 3 is 2.66 bits per heavy atom. The highest BCUT2D eigenvalue weighted by molar-refractivity contribution is 6.04. The molecule has 0 aliphatic rings. The molecule has 2 heterocycles. The number of hydrogen-bond donors (Lipinski definition) is 1. The van der Waals surface area contributed by atoms with Crippen molar-refractivity contribution in [3.05, 3.63) is 114 Å². The van der Waals surface area contributed by atoms with E-state index in [9.17, 15) is 4.79 Å². The summed E-state index contributed by atoms with van der Waals surface area (Å²) in [6, 6.07) is 26.7. The molecule has 5 rings (SSSR count). The molecule has 1 N–H and O–H groups in total. The molecule has 158 valence electrons. The lowest BCUT2D eigenvalue weighted by Gasteiger charge is -2.09. The van der Waals surface area contributed by atoms with Gasteiger partial charge in [-0.15, -0.1) is 0 Å². The van der Waals surface area contributed by atoms with Gasteiger partial charge in [-0.25, -0.2) is 4.98 Å².